The van der Waals surface area contributed by atoms with Gasteiger partial charge in [0.15, 0.2) is 0 Å². The minimum absolute atomic E-state index is 0.108. The fourth-order valence-corrected chi connectivity index (χ4v) is 3.59. The Balaban J connectivity index is 1.65. The van der Waals surface area contributed by atoms with Crippen LogP contribution in [0.25, 0.3) is 11.4 Å². The molecule has 0 unspecified atom stereocenters. The SMILES string of the molecule is Cc1ccc(-c2nc(C(=O)NCc3cccnc3)c3n2CCCCC3)cc1. The maximum atomic E-state index is 12.9. The van der Waals surface area contributed by atoms with E-state index in [0.717, 1.165) is 48.5 Å². The molecule has 0 spiro atoms. The van der Waals surface area contributed by atoms with Gasteiger partial charge >= 0.3 is 0 Å². The van der Waals surface area contributed by atoms with E-state index in [1.807, 2.05) is 12.1 Å². The predicted molar refractivity (Wildman–Crippen MR) is 105 cm³/mol. The molecule has 1 aromatic carbocycles. The maximum absolute atomic E-state index is 12.9. The van der Waals surface area contributed by atoms with Gasteiger partial charge in [-0.1, -0.05) is 42.3 Å². The number of nitrogens with one attached hydrogen (secondary N) is 1. The number of carbonyl (C=O) groups excluding carboxylic acids is 1. The van der Waals surface area contributed by atoms with E-state index in [1.165, 1.54) is 12.0 Å². The quantitative estimate of drug-likeness (QED) is 0.767. The molecule has 3 heterocycles. The molecule has 0 saturated heterocycles. The lowest BCUT2D eigenvalue weighted by atomic mass is 10.1. The summed E-state index contributed by atoms with van der Waals surface area (Å²) in [6, 6.07) is 12.2. The summed E-state index contributed by atoms with van der Waals surface area (Å²) in [5, 5.41) is 3.00. The van der Waals surface area contributed by atoms with E-state index in [1.54, 1.807) is 12.4 Å². The van der Waals surface area contributed by atoms with Crippen LogP contribution in [0.2, 0.25) is 0 Å². The highest BCUT2D eigenvalue weighted by Gasteiger charge is 2.24. The van der Waals surface area contributed by atoms with E-state index in [2.05, 4.69) is 46.1 Å². The van der Waals surface area contributed by atoms with Crippen LogP contribution < -0.4 is 5.32 Å². The second-order valence-corrected chi connectivity index (χ2v) is 7.10. The molecule has 0 radical (unpaired) electrons. The molecule has 0 saturated carbocycles. The molecular weight excluding hydrogens is 336 g/mol. The van der Waals surface area contributed by atoms with Crippen molar-refractivity contribution in [1.82, 2.24) is 19.9 Å². The van der Waals surface area contributed by atoms with Gasteiger partial charge in [-0.15, -0.1) is 0 Å². The Bertz CT molecular complexity index is 929. The number of amides is 1. The van der Waals surface area contributed by atoms with Gasteiger partial charge in [-0.05, 0) is 37.8 Å². The van der Waals surface area contributed by atoms with Crippen LogP contribution in [0, 0.1) is 6.92 Å². The molecular formula is C22H24N4O. The molecule has 4 rings (SSSR count). The molecule has 0 bridgehead atoms. The molecule has 5 heteroatoms. The second-order valence-electron chi connectivity index (χ2n) is 7.10. The highest BCUT2D eigenvalue weighted by molar-refractivity contribution is 5.94. The topological polar surface area (TPSA) is 59.8 Å². The number of nitrogens with zero attached hydrogens (tertiary/aromatic N) is 3. The number of rotatable bonds is 4. The average Bonchev–Trinajstić information content (AvgIpc) is 2.89. The molecule has 0 atom stereocenters. The summed E-state index contributed by atoms with van der Waals surface area (Å²) < 4.78 is 2.25. The number of imidazole rings is 1. The zero-order valence-corrected chi connectivity index (χ0v) is 15.6. The van der Waals surface area contributed by atoms with Crippen molar-refractivity contribution in [3.8, 4) is 11.4 Å². The van der Waals surface area contributed by atoms with Crippen molar-refractivity contribution >= 4 is 5.91 Å². The Labute approximate surface area is 159 Å². The van der Waals surface area contributed by atoms with Crippen LogP contribution in [0.4, 0.5) is 0 Å². The highest BCUT2D eigenvalue weighted by atomic mass is 16.1. The van der Waals surface area contributed by atoms with E-state index in [-0.39, 0.29) is 5.91 Å². The van der Waals surface area contributed by atoms with Gasteiger partial charge in [0, 0.05) is 31.0 Å². The van der Waals surface area contributed by atoms with E-state index in [4.69, 9.17) is 4.98 Å². The van der Waals surface area contributed by atoms with Crippen molar-refractivity contribution in [3.05, 3.63) is 71.3 Å². The number of aromatic nitrogens is 3. The monoisotopic (exact) mass is 360 g/mol. The van der Waals surface area contributed by atoms with Crippen molar-refractivity contribution in [3.63, 3.8) is 0 Å². The highest BCUT2D eigenvalue weighted by Crippen LogP contribution is 2.27. The van der Waals surface area contributed by atoms with Crippen LogP contribution in [0.3, 0.4) is 0 Å². The van der Waals surface area contributed by atoms with Gasteiger partial charge in [0.2, 0.25) is 0 Å². The average molecular weight is 360 g/mol. The summed E-state index contributed by atoms with van der Waals surface area (Å²) in [7, 11) is 0. The molecule has 5 nitrogen and oxygen atoms in total. The van der Waals surface area contributed by atoms with Crippen LogP contribution in [0.15, 0.2) is 48.8 Å². The molecule has 1 amide bonds. The zero-order valence-electron chi connectivity index (χ0n) is 15.6. The smallest absolute Gasteiger partial charge is 0.272 e. The third-order valence-corrected chi connectivity index (χ3v) is 5.07. The summed E-state index contributed by atoms with van der Waals surface area (Å²) in [4.78, 5) is 21.8. The number of aryl methyl sites for hydroxylation is 1. The predicted octanol–water partition coefficient (Wildman–Crippen LogP) is 3.91. The number of fused-ring (bicyclic) bond motifs is 1. The Morgan fingerprint density at radius 2 is 2.00 bits per heavy atom. The minimum atomic E-state index is -0.108. The Hall–Kier alpha value is -2.95. The summed E-state index contributed by atoms with van der Waals surface area (Å²) >= 11 is 0. The maximum Gasteiger partial charge on any atom is 0.272 e. The van der Waals surface area contributed by atoms with E-state index in [0.29, 0.717) is 12.2 Å². The van der Waals surface area contributed by atoms with Gasteiger partial charge in [-0.25, -0.2) is 4.98 Å². The van der Waals surface area contributed by atoms with Gasteiger partial charge in [0.1, 0.15) is 11.5 Å². The molecule has 138 valence electrons. The van der Waals surface area contributed by atoms with Crippen molar-refractivity contribution < 1.29 is 4.79 Å². The molecule has 3 aromatic rings. The zero-order chi connectivity index (χ0) is 18.6. The van der Waals surface area contributed by atoms with Gasteiger partial charge in [-0.2, -0.15) is 0 Å². The first-order valence-electron chi connectivity index (χ1n) is 9.56. The van der Waals surface area contributed by atoms with Gasteiger partial charge in [0.25, 0.3) is 5.91 Å². The number of carbonyl (C=O) groups is 1. The van der Waals surface area contributed by atoms with Crippen LogP contribution in [0.5, 0.6) is 0 Å². The van der Waals surface area contributed by atoms with Gasteiger partial charge < -0.3 is 9.88 Å². The number of hydrogen-bond acceptors (Lipinski definition) is 3. The molecule has 1 aliphatic heterocycles. The van der Waals surface area contributed by atoms with E-state index in [9.17, 15) is 4.79 Å². The fraction of sp³-hybridized carbons (Fsp3) is 0.318. The summed E-state index contributed by atoms with van der Waals surface area (Å²) in [5.41, 5.74) is 4.89. The standard InChI is InChI=1S/C22H24N4O/c1-16-8-10-18(11-9-16)21-25-20(19-7-3-2-4-13-26(19)21)22(27)24-15-17-6-5-12-23-14-17/h5-6,8-12,14H,2-4,7,13,15H2,1H3,(H,24,27). The first-order chi connectivity index (χ1) is 13.2. The van der Waals surface area contributed by atoms with E-state index >= 15 is 0 Å². The van der Waals surface area contributed by atoms with Crippen molar-refractivity contribution in [2.45, 2.75) is 45.7 Å². The molecule has 1 N–H and O–H groups in total. The van der Waals surface area contributed by atoms with Crippen molar-refractivity contribution in [2.75, 3.05) is 0 Å². The van der Waals surface area contributed by atoms with Gasteiger partial charge in [0.05, 0.1) is 5.69 Å². The third kappa shape index (κ3) is 3.77. The largest absolute Gasteiger partial charge is 0.347 e. The summed E-state index contributed by atoms with van der Waals surface area (Å²) in [6.07, 6.45) is 7.81. The molecule has 1 aliphatic rings. The van der Waals surface area contributed by atoms with Crippen LogP contribution in [-0.2, 0) is 19.5 Å². The first kappa shape index (κ1) is 17.5. The molecule has 0 aliphatic carbocycles. The lowest BCUT2D eigenvalue weighted by Gasteiger charge is -2.09. The van der Waals surface area contributed by atoms with Crippen molar-refractivity contribution in [1.29, 1.82) is 0 Å². The first-order valence-corrected chi connectivity index (χ1v) is 9.56. The molecule has 0 fully saturated rings. The van der Waals surface area contributed by atoms with Crippen LogP contribution in [0.1, 0.15) is 46.6 Å². The number of benzene rings is 1. The Morgan fingerprint density at radius 1 is 1.15 bits per heavy atom. The lowest BCUT2D eigenvalue weighted by Crippen LogP contribution is -2.24. The number of pyridine rings is 1. The number of hydrogen-bond donors (Lipinski definition) is 1. The summed E-state index contributed by atoms with van der Waals surface area (Å²) in [5.74, 6) is 0.793. The lowest BCUT2D eigenvalue weighted by molar-refractivity contribution is 0.0945. The van der Waals surface area contributed by atoms with E-state index < -0.39 is 0 Å². The Kier molecular flexibility index (Phi) is 5.01. The minimum Gasteiger partial charge on any atom is -0.347 e. The second kappa shape index (κ2) is 7.74. The third-order valence-electron chi connectivity index (χ3n) is 5.07. The van der Waals surface area contributed by atoms with Gasteiger partial charge in [-0.3, -0.25) is 9.78 Å². The molecule has 2 aromatic heterocycles. The normalized spacial score (nSPS) is 13.7. The van der Waals surface area contributed by atoms with Crippen molar-refractivity contribution in [2.24, 2.45) is 0 Å². The fourth-order valence-electron chi connectivity index (χ4n) is 3.59. The Morgan fingerprint density at radius 3 is 2.78 bits per heavy atom. The van der Waals surface area contributed by atoms with Crippen LogP contribution in [-0.4, -0.2) is 20.4 Å². The van der Waals surface area contributed by atoms with Crippen LogP contribution >= 0.6 is 0 Å². The summed E-state index contributed by atoms with van der Waals surface area (Å²) in [6.45, 7) is 3.45. The molecule has 27 heavy (non-hydrogen) atoms.